The van der Waals surface area contributed by atoms with E-state index in [9.17, 15) is 0 Å². The molecule has 2 rings (SSSR count). The van der Waals surface area contributed by atoms with Crippen LogP contribution in [0.5, 0.6) is 5.75 Å². The second-order valence-electron chi connectivity index (χ2n) is 4.76. The van der Waals surface area contributed by atoms with Crippen molar-refractivity contribution in [2.45, 2.75) is 19.9 Å². The summed E-state index contributed by atoms with van der Waals surface area (Å²) >= 11 is 0. The largest absolute Gasteiger partial charge is 0.496 e. The van der Waals surface area contributed by atoms with Gasteiger partial charge in [0.1, 0.15) is 11.5 Å². The fourth-order valence-corrected chi connectivity index (χ4v) is 2.10. The van der Waals surface area contributed by atoms with Crippen molar-refractivity contribution in [2.24, 2.45) is 4.99 Å². The lowest BCUT2D eigenvalue weighted by Crippen LogP contribution is -2.38. The van der Waals surface area contributed by atoms with E-state index in [0.29, 0.717) is 6.54 Å². The maximum absolute atomic E-state index is 5.35. The molecule has 0 bridgehead atoms. The Kier molecular flexibility index (Phi) is 9.20. The summed E-state index contributed by atoms with van der Waals surface area (Å²) in [4.78, 5) is 4.59. The summed E-state index contributed by atoms with van der Waals surface area (Å²) in [7, 11) is 1.68. The topological polar surface area (TPSA) is 58.8 Å². The van der Waals surface area contributed by atoms with Crippen LogP contribution in [0, 0.1) is 0 Å². The van der Waals surface area contributed by atoms with Crippen molar-refractivity contribution in [1.82, 2.24) is 10.6 Å². The average Bonchev–Trinajstić information content (AvgIpc) is 3.06. The molecular formula is C17H24IN3O2. The van der Waals surface area contributed by atoms with Gasteiger partial charge in [-0.05, 0) is 25.1 Å². The van der Waals surface area contributed by atoms with Gasteiger partial charge in [-0.2, -0.15) is 0 Å². The van der Waals surface area contributed by atoms with Crippen LogP contribution < -0.4 is 15.4 Å². The Morgan fingerprint density at radius 1 is 1.17 bits per heavy atom. The van der Waals surface area contributed by atoms with Gasteiger partial charge in [0.2, 0.25) is 0 Å². The number of nitrogens with one attached hydrogen (secondary N) is 2. The number of aliphatic imine (C=N–C) groups is 1. The molecule has 0 saturated heterocycles. The molecule has 0 radical (unpaired) electrons. The van der Waals surface area contributed by atoms with Gasteiger partial charge < -0.3 is 19.8 Å². The first-order valence-electron chi connectivity index (χ1n) is 7.50. The highest BCUT2D eigenvalue weighted by Crippen LogP contribution is 2.17. The fourth-order valence-electron chi connectivity index (χ4n) is 2.10. The second kappa shape index (κ2) is 10.9. The smallest absolute Gasteiger partial charge is 0.191 e. The lowest BCUT2D eigenvalue weighted by Gasteiger charge is -2.11. The molecule has 0 aliphatic heterocycles. The molecule has 0 saturated carbocycles. The lowest BCUT2D eigenvalue weighted by atomic mass is 10.2. The molecule has 1 aromatic carbocycles. The molecule has 0 fully saturated rings. The highest BCUT2D eigenvalue weighted by molar-refractivity contribution is 14.0. The van der Waals surface area contributed by atoms with E-state index in [0.717, 1.165) is 42.5 Å². The van der Waals surface area contributed by atoms with Gasteiger partial charge in [0.25, 0.3) is 0 Å². The van der Waals surface area contributed by atoms with E-state index < -0.39 is 0 Å². The molecule has 6 heteroatoms. The van der Waals surface area contributed by atoms with Crippen LogP contribution in [-0.4, -0.2) is 26.2 Å². The zero-order valence-corrected chi connectivity index (χ0v) is 15.9. The molecule has 2 N–H and O–H groups in total. The Labute approximate surface area is 154 Å². The van der Waals surface area contributed by atoms with Gasteiger partial charge in [-0.15, -0.1) is 24.0 Å². The van der Waals surface area contributed by atoms with Crippen LogP contribution in [0.2, 0.25) is 0 Å². The van der Waals surface area contributed by atoms with Gasteiger partial charge in [0.15, 0.2) is 5.96 Å². The quantitative estimate of drug-likeness (QED) is 0.403. The van der Waals surface area contributed by atoms with Gasteiger partial charge >= 0.3 is 0 Å². The summed E-state index contributed by atoms with van der Waals surface area (Å²) in [5, 5.41) is 6.54. The molecule has 0 amide bonds. The molecule has 1 heterocycles. The van der Waals surface area contributed by atoms with Gasteiger partial charge in [0, 0.05) is 25.1 Å². The molecule has 0 unspecified atom stereocenters. The van der Waals surface area contributed by atoms with Gasteiger partial charge in [-0.25, -0.2) is 4.99 Å². The maximum Gasteiger partial charge on any atom is 0.191 e. The van der Waals surface area contributed by atoms with Crippen LogP contribution in [0.25, 0.3) is 0 Å². The van der Waals surface area contributed by atoms with Crippen molar-refractivity contribution in [1.29, 1.82) is 0 Å². The molecule has 5 nitrogen and oxygen atoms in total. The zero-order valence-electron chi connectivity index (χ0n) is 13.5. The van der Waals surface area contributed by atoms with Crippen LogP contribution in [-0.2, 0) is 13.0 Å². The first-order chi connectivity index (χ1) is 10.8. The molecule has 1 aromatic heterocycles. The number of furan rings is 1. The van der Waals surface area contributed by atoms with E-state index >= 15 is 0 Å². The Bertz CT molecular complexity index is 585. The van der Waals surface area contributed by atoms with Crippen LogP contribution in [0.1, 0.15) is 18.2 Å². The number of rotatable bonds is 7. The van der Waals surface area contributed by atoms with Gasteiger partial charge in [-0.3, -0.25) is 0 Å². The highest BCUT2D eigenvalue weighted by atomic mass is 127. The Morgan fingerprint density at radius 2 is 2.00 bits per heavy atom. The maximum atomic E-state index is 5.35. The van der Waals surface area contributed by atoms with Crippen molar-refractivity contribution in [2.75, 3.05) is 20.2 Å². The first-order valence-corrected chi connectivity index (χ1v) is 7.50. The van der Waals surface area contributed by atoms with Crippen LogP contribution in [0.15, 0.2) is 52.1 Å². The minimum Gasteiger partial charge on any atom is -0.496 e. The summed E-state index contributed by atoms with van der Waals surface area (Å²) in [6.45, 7) is 4.21. The minimum atomic E-state index is 0. The van der Waals surface area contributed by atoms with E-state index in [1.165, 1.54) is 0 Å². The Balaban J connectivity index is 0.00000264. The molecule has 0 spiro atoms. The summed E-state index contributed by atoms with van der Waals surface area (Å²) in [6, 6.07) is 11.8. The zero-order chi connectivity index (χ0) is 15.6. The Morgan fingerprint density at radius 3 is 2.70 bits per heavy atom. The van der Waals surface area contributed by atoms with E-state index in [1.54, 1.807) is 13.4 Å². The number of benzene rings is 1. The van der Waals surface area contributed by atoms with Crippen LogP contribution in [0.4, 0.5) is 0 Å². The number of guanidine groups is 1. The summed E-state index contributed by atoms with van der Waals surface area (Å²) in [6.07, 6.45) is 2.52. The summed E-state index contributed by atoms with van der Waals surface area (Å²) < 4.78 is 10.7. The van der Waals surface area contributed by atoms with Crippen molar-refractivity contribution < 1.29 is 9.15 Å². The van der Waals surface area contributed by atoms with Gasteiger partial charge in [0.05, 0.1) is 19.9 Å². The Hall–Kier alpha value is -1.70. The number of hydrogen-bond acceptors (Lipinski definition) is 3. The van der Waals surface area contributed by atoms with Gasteiger partial charge in [-0.1, -0.05) is 18.2 Å². The fraction of sp³-hybridized carbons (Fsp3) is 0.353. The molecule has 126 valence electrons. The predicted molar refractivity (Wildman–Crippen MR) is 104 cm³/mol. The summed E-state index contributed by atoms with van der Waals surface area (Å²) in [5.41, 5.74) is 1.06. The third kappa shape index (κ3) is 6.52. The normalized spacial score (nSPS) is 10.8. The molecule has 23 heavy (non-hydrogen) atoms. The highest BCUT2D eigenvalue weighted by Gasteiger charge is 2.02. The standard InChI is InChI=1S/C17H23N3O2.HI/c1-3-18-17(19-11-10-15-8-6-12-22-15)20-13-14-7-4-5-9-16(14)21-2;/h4-9,12H,3,10-11,13H2,1-2H3,(H2,18,19,20);1H. The predicted octanol–water partition coefficient (Wildman–Crippen LogP) is 3.20. The van der Waals surface area contributed by atoms with Crippen molar-refractivity contribution in [3.63, 3.8) is 0 Å². The first kappa shape index (κ1) is 19.3. The molecule has 0 aliphatic rings. The number of halogens is 1. The number of para-hydroxylation sites is 1. The summed E-state index contributed by atoms with van der Waals surface area (Å²) in [5.74, 6) is 2.62. The average molecular weight is 429 g/mol. The third-order valence-corrected chi connectivity index (χ3v) is 3.19. The van der Waals surface area contributed by atoms with E-state index in [-0.39, 0.29) is 24.0 Å². The molecule has 2 aromatic rings. The van der Waals surface area contributed by atoms with Crippen LogP contribution in [0.3, 0.4) is 0 Å². The monoisotopic (exact) mass is 429 g/mol. The van der Waals surface area contributed by atoms with E-state index in [1.807, 2.05) is 43.3 Å². The second-order valence-corrected chi connectivity index (χ2v) is 4.76. The molecule has 0 atom stereocenters. The molecular weight excluding hydrogens is 405 g/mol. The molecule has 0 aliphatic carbocycles. The number of methoxy groups -OCH3 is 1. The van der Waals surface area contributed by atoms with Crippen molar-refractivity contribution in [3.05, 3.63) is 54.0 Å². The van der Waals surface area contributed by atoms with Crippen molar-refractivity contribution >= 4 is 29.9 Å². The van der Waals surface area contributed by atoms with Crippen molar-refractivity contribution in [3.8, 4) is 5.75 Å². The van der Waals surface area contributed by atoms with E-state index in [2.05, 4.69) is 15.6 Å². The number of hydrogen-bond donors (Lipinski definition) is 2. The third-order valence-electron chi connectivity index (χ3n) is 3.19. The van der Waals surface area contributed by atoms with Crippen LogP contribution >= 0.6 is 24.0 Å². The lowest BCUT2D eigenvalue weighted by molar-refractivity contribution is 0.410. The minimum absolute atomic E-state index is 0. The SMILES string of the molecule is CCNC(=NCc1ccccc1OC)NCCc1ccco1.I. The number of nitrogens with zero attached hydrogens (tertiary/aromatic N) is 1. The number of ether oxygens (including phenoxy) is 1. The van der Waals surface area contributed by atoms with E-state index in [4.69, 9.17) is 9.15 Å².